The second kappa shape index (κ2) is 8.75. The number of carbonyl (C=O) groups is 2. The van der Waals surface area contributed by atoms with Gasteiger partial charge in [0.25, 0.3) is 5.91 Å². The van der Waals surface area contributed by atoms with Gasteiger partial charge in [0.05, 0.1) is 31.9 Å². The maximum Gasteiger partial charge on any atom is 0.260 e. The molecule has 1 aromatic carbocycles. The van der Waals surface area contributed by atoms with Crippen molar-refractivity contribution in [2.75, 3.05) is 36.2 Å². The van der Waals surface area contributed by atoms with Crippen LogP contribution in [0.1, 0.15) is 13.3 Å². The lowest BCUT2D eigenvalue weighted by Crippen LogP contribution is -2.37. The summed E-state index contributed by atoms with van der Waals surface area (Å²) in [6, 6.07) is 6.82. The third kappa shape index (κ3) is 4.05. The number of carbonyl (C=O) groups excluding carboxylic acids is 2. The number of rotatable bonds is 9. The van der Waals surface area contributed by atoms with Crippen LogP contribution in [-0.4, -0.2) is 57.4 Å². The molecule has 0 spiro atoms. The molecule has 1 fully saturated rings. The van der Waals surface area contributed by atoms with Crippen molar-refractivity contribution in [2.24, 2.45) is 0 Å². The number of anilines is 1. The van der Waals surface area contributed by atoms with Crippen molar-refractivity contribution in [1.82, 2.24) is 0 Å². The van der Waals surface area contributed by atoms with Crippen molar-refractivity contribution in [1.29, 1.82) is 0 Å². The largest absolute Gasteiger partial charge is 0.494 e. The Bertz CT molecular complexity index is 570. The minimum Gasteiger partial charge on any atom is -0.494 e. The Kier molecular flexibility index (Phi) is 6.97. The van der Waals surface area contributed by atoms with Gasteiger partial charge in [-0.05, 0) is 31.2 Å². The molecule has 132 valence electrons. The lowest BCUT2D eigenvalue weighted by atomic mass is 10.3. The quantitative estimate of drug-likeness (QED) is 0.502. The molecular weight excluding hydrogens is 350 g/mol. The van der Waals surface area contributed by atoms with Crippen LogP contribution in [0.15, 0.2) is 24.3 Å². The van der Waals surface area contributed by atoms with Crippen molar-refractivity contribution >= 4 is 41.0 Å². The molecule has 6 nitrogen and oxygen atoms in total. The molecule has 2 amide bonds. The monoisotopic (exact) mass is 371 g/mol. The zero-order valence-corrected chi connectivity index (χ0v) is 15.1. The highest BCUT2D eigenvalue weighted by Crippen LogP contribution is 2.47. The normalized spacial score (nSPS) is 16.7. The molecule has 0 aliphatic carbocycles. The summed E-state index contributed by atoms with van der Waals surface area (Å²) in [6.07, 6.45) is 0.0500. The number of nitrogens with zero attached hydrogens (tertiary/aromatic N) is 1. The highest BCUT2D eigenvalue weighted by molar-refractivity contribution is 8.19. The summed E-state index contributed by atoms with van der Waals surface area (Å²) in [5.74, 6) is 0.799. The third-order valence-electron chi connectivity index (χ3n) is 3.42. The zero-order chi connectivity index (χ0) is 17.6. The van der Waals surface area contributed by atoms with Gasteiger partial charge in [-0.1, -0.05) is 0 Å². The second-order valence-electron chi connectivity index (χ2n) is 5.04. The predicted octanol–water partition coefficient (Wildman–Crippen LogP) is 1.50. The van der Waals surface area contributed by atoms with Gasteiger partial charge in [0.15, 0.2) is 0 Å². The Hall–Kier alpha value is -1.22. The number of imide groups is 1. The highest BCUT2D eigenvalue weighted by Gasteiger charge is 2.52. The van der Waals surface area contributed by atoms with Gasteiger partial charge in [0, 0.05) is 11.5 Å². The Morgan fingerprint density at radius 1 is 1.12 bits per heavy atom. The molecule has 1 aliphatic heterocycles. The van der Waals surface area contributed by atoms with Gasteiger partial charge >= 0.3 is 0 Å². The van der Waals surface area contributed by atoms with Gasteiger partial charge in [0.2, 0.25) is 5.91 Å². The number of hydrogen-bond donors (Lipinski definition) is 2. The highest BCUT2D eigenvalue weighted by atomic mass is 32.2. The first kappa shape index (κ1) is 19.1. The average Bonchev–Trinajstić information content (AvgIpc) is 2.83. The summed E-state index contributed by atoms with van der Waals surface area (Å²) in [5, 5.41) is 18.2. The molecule has 1 saturated heterocycles. The topological polar surface area (TPSA) is 87.1 Å². The van der Waals surface area contributed by atoms with E-state index in [0.29, 0.717) is 29.5 Å². The van der Waals surface area contributed by atoms with Gasteiger partial charge in [-0.15, -0.1) is 23.5 Å². The molecule has 24 heavy (non-hydrogen) atoms. The minimum atomic E-state index is -0.985. The van der Waals surface area contributed by atoms with E-state index < -0.39 is 4.08 Å². The molecular formula is C16H21NO5S2. The number of amides is 2. The van der Waals surface area contributed by atoms with Crippen molar-refractivity contribution in [3.63, 3.8) is 0 Å². The second-order valence-corrected chi connectivity index (χ2v) is 8.08. The molecule has 2 N–H and O–H groups in total. The molecule has 2 rings (SSSR count). The fourth-order valence-electron chi connectivity index (χ4n) is 2.44. The van der Waals surface area contributed by atoms with Crippen LogP contribution in [0.3, 0.4) is 0 Å². The summed E-state index contributed by atoms with van der Waals surface area (Å²) in [4.78, 5) is 26.6. The molecule has 1 aromatic rings. The first-order chi connectivity index (χ1) is 11.6. The van der Waals surface area contributed by atoms with Gasteiger partial charge in [-0.25, -0.2) is 4.90 Å². The molecule has 8 heteroatoms. The van der Waals surface area contributed by atoms with Crippen LogP contribution in [0, 0.1) is 0 Å². The number of aliphatic hydroxyl groups is 2. The molecule has 0 radical (unpaired) electrons. The summed E-state index contributed by atoms with van der Waals surface area (Å²) >= 11 is 2.52. The third-order valence-corrected chi connectivity index (χ3v) is 6.47. The van der Waals surface area contributed by atoms with Crippen LogP contribution >= 0.6 is 23.5 Å². The van der Waals surface area contributed by atoms with E-state index in [1.165, 1.54) is 28.4 Å². The Balaban J connectivity index is 2.24. The molecule has 0 unspecified atom stereocenters. The van der Waals surface area contributed by atoms with Crippen LogP contribution in [0.4, 0.5) is 5.69 Å². The van der Waals surface area contributed by atoms with E-state index >= 15 is 0 Å². The van der Waals surface area contributed by atoms with Crippen LogP contribution < -0.4 is 9.64 Å². The standard InChI is InChI=1S/C16H21NO5S2/c1-2-22-13-5-3-12(4-6-13)17-14(20)11-16(15(17)21,23-9-7-18)24-10-8-19/h3-6,18-19H,2,7-11H2,1H3. The molecule has 0 atom stereocenters. The van der Waals surface area contributed by atoms with Crippen LogP contribution in [0.25, 0.3) is 0 Å². The lowest BCUT2D eigenvalue weighted by Gasteiger charge is -2.25. The van der Waals surface area contributed by atoms with Crippen molar-refractivity contribution < 1.29 is 24.5 Å². The van der Waals surface area contributed by atoms with Crippen molar-refractivity contribution in [3.8, 4) is 5.75 Å². The van der Waals surface area contributed by atoms with E-state index in [0.717, 1.165) is 0 Å². The number of thioether (sulfide) groups is 2. The van der Waals surface area contributed by atoms with Crippen LogP contribution in [0.5, 0.6) is 5.75 Å². The van der Waals surface area contributed by atoms with Crippen molar-refractivity contribution in [3.05, 3.63) is 24.3 Å². The predicted molar refractivity (Wildman–Crippen MR) is 96.5 cm³/mol. The number of benzene rings is 1. The van der Waals surface area contributed by atoms with Gasteiger partial charge in [-0.3, -0.25) is 9.59 Å². The van der Waals surface area contributed by atoms with Crippen molar-refractivity contribution in [2.45, 2.75) is 17.4 Å². The number of aliphatic hydroxyl groups excluding tert-OH is 2. The maximum absolute atomic E-state index is 12.9. The van der Waals surface area contributed by atoms with Gasteiger partial charge in [0.1, 0.15) is 9.83 Å². The lowest BCUT2D eigenvalue weighted by molar-refractivity contribution is -0.121. The molecule has 1 aliphatic rings. The van der Waals surface area contributed by atoms with E-state index in [9.17, 15) is 9.59 Å². The van der Waals surface area contributed by atoms with E-state index in [1.54, 1.807) is 24.3 Å². The van der Waals surface area contributed by atoms with Crippen LogP contribution in [-0.2, 0) is 9.59 Å². The molecule has 0 saturated carbocycles. The summed E-state index contributed by atoms with van der Waals surface area (Å²) in [6.45, 7) is 2.28. The van der Waals surface area contributed by atoms with Gasteiger partial charge < -0.3 is 14.9 Å². The minimum absolute atomic E-state index is 0.0500. The van der Waals surface area contributed by atoms with Gasteiger partial charge in [-0.2, -0.15) is 0 Å². The SMILES string of the molecule is CCOc1ccc(N2C(=O)CC(SCCO)(SCCO)C2=O)cc1. The maximum atomic E-state index is 12.9. The summed E-state index contributed by atoms with van der Waals surface area (Å²) in [7, 11) is 0. The average molecular weight is 371 g/mol. The van der Waals surface area contributed by atoms with E-state index in [1.807, 2.05) is 6.92 Å². The first-order valence-corrected chi connectivity index (χ1v) is 9.65. The fraction of sp³-hybridized carbons (Fsp3) is 0.500. The van der Waals surface area contributed by atoms with E-state index in [-0.39, 0.29) is 31.4 Å². The molecule has 1 heterocycles. The smallest absolute Gasteiger partial charge is 0.260 e. The Labute approximate surface area is 149 Å². The Morgan fingerprint density at radius 3 is 2.21 bits per heavy atom. The first-order valence-electron chi connectivity index (χ1n) is 7.68. The number of ether oxygens (including phenoxy) is 1. The fourth-order valence-corrected chi connectivity index (χ4v) is 5.00. The summed E-state index contributed by atoms with van der Waals surface area (Å²) < 4.78 is 4.39. The van der Waals surface area contributed by atoms with Crippen LogP contribution in [0.2, 0.25) is 0 Å². The summed E-state index contributed by atoms with van der Waals surface area (Å²) in [5.41, 5.74) is 0.504. The zero-order valence-electron chi connectivity index (χ0n) is 13.4. The van der Waals surface area contributed by atoms with E-state index in [4.69, 9.17) is 14.9 Å². The molecule has 0 aromatic heterocycles. The Morgan fingerprint density at radius 2 is 1.71 bits per heavy atom. The molecule has 0 bridgehead atoms. The number of hydrogen-bond acceptors (Lipinski definition) is 7. The van der Waals surface area contributed by atoms with E-state index in [2.05, 4.69) is 0 Å².